The van der Waals surface area contributed by atoms with Crippen molar-refractivity contribution in [3.05, 3.63) is 58.3 Å². The predicted molar refractivity (Wildman–Crippen MR) is 90.0 cm³/mol. The van der Waals surface area contributed by atoms with Gasteiger partial charge in [0.15, 0.2) is 15.7 Å². The number of nitriles is 1. The molecule has 3 rings (SSSR count). The van der Waals surface area contributed by atoms with E-state index in [0.717, 1.165) is 6.26 Å². The molecule has 0 saturated heterocycles. The molecule has 0 bridgehead atoms. The zero-order chi connectivity index (χ0) is 18.2. The molecule has 1 N–H and O–H groups in total. The molecule has 0 aliphatic carbocycles. The van der Waals surface area contributed by atoms with Crippen molar-refractivity contribution in [3.8, 4) is 23.1 Å². The molecule has 0 spiro atoms. The summed E-state index contributed by atoms with van der Waals surface area (Å²) in [5.74, 6) is 0.264. The van der Waals surface area contributed by atoms with Crippen LogP contribution in [0, 0.1) is 18.3 Å². The lowest BCUT2D eigenvalue weighted by atomic mass is 10.1. The van der Waals surface area contributed by atoms with Crippen LogP contribution in [0.4, 0.5) is 0 Å². The summed E-state index contributed by atoms with van der Waals surface area (Å²) in [7, 11) is -3.36. The summed E-state index contributed by atoms with van der Waals surface area (Å²) in [6.07, 6.45) is 3.68. The molecular weight excluding hydrogens is 342 g/mol. The van der Waals surface area contributed by atoms with E-state index in [9.17, 15) is 13.2 Å². The van der Waals surface area contributed by atoms with E-state index in [-0.39, 0.29) is 16.3 Å². The topological polar surface area (TPSA) is 121 Å². The van der Waals surface area contributed by atoms with Crippen LogP contribution in [0.5, 0.6) is 0 Å². The largest absolute Gasteiger partial charge is 0.293 e. The highest BCUT2D eigenvalue weighted by Gasteiger charge is 2.16. The fraction of sp³-hybridized carbons (Fsp3) is 0.125. The monoisotopic (exact) mass is 355 g/mol. The summed E-state index contributed by atoms with van der Waals surface area (Å²) in [5.41, 5.74) is 1.41. The van der Waals surface area contributed by atoms with Crippen LogP contribution in [0.15, 0.2) is 46.3 Å². The van der Waals surface area contributed by atoms with Crippen molar-refractivity contribution in [2.75, 3.05) is 6.26 Å². The summed E-state index contributed by atoms with van der Waals surface area (Å²) in [5, 5.41) is 11.7. The Hall–Kier alpha value is -3.25. The first-order valence-electron chi connectivity index (χ1n) is 7.16. The van der Waals surface area contributed by atoms with Crippen molar-refractivity contribution >= 4 is 9.84 Å². The van der Waals surface area contributed by atoms with Crippen molar-refractivity contribution in [1.82, 2.24) is 19.7 Å². The Morgan fingerprint density at radius 2 is 1.92 bits per heavy atom. The SMILES string of the molecule is Cc1[nH]n(-c2ccc(S(C)(=O)=O)cn2)c(=O)c1-c1ccc(C#N)cn1. The van der Waals surface area contributed by atoms with Crippen LogP contribution in [0.1, 0.15) is 11.3 Å². The van der Waals surface area contributed by atoms with Crippen molar-refractivity contribution in [3.63, 3.8) is 0 Å². The molecule has 126 valence electrons. The molecule has 0 aliphatic heterocycles. The first kappa shape index (κ1) is 16.6. The summed E-state index contributed by atoms with van der Waals surface area (Å²) in [6, 6.07) is 7.99. The average molecular weight is 355 g/mol. The van der Waals surface area contributed by atoms with E-state index in [2.05, 4.69) is 15.1 Å². The molecule has 0 aliphatic rings. The third-order valence-electron chi connectivity index (χ3n) is 3.60. The van der Waals surface area contributed by atoms with E-state index in [1.54, 1.807) is 19.1 Å². The molecule has 3 aromatic heterocycles. The lowest BCUT2D eigenvalue weighted by Gasteiger charge is -2.02. The van der Waals surface area contributed by atoms with Crippen LogP contribution in [0.2, 0.25) is 0 Å². The number of aromatic nitrogens is 4. The molecule has 0 amide bonds. The fourth-order valence-electron chi connectivity index (χ4n) is 2.34. The quantitative estimate of drug-likeness (QED) is 0.753. The van der Waals surface area contributed by atoms with E-state index in [1.807, 2.05) is 6.07 Å². The van der Waals surface area contributed by atoms with Gasteiger partial charge in [-0.2, -0.15) is 5.26 Å². The molecule has 0 unspecified atom stereocenters. The predicted octanol–water partition coefficient (Wildman–Crippen LogP) is 1.21. The first-order valence-corrected chi connectivity index (χ1v) is 9.05. The van der Waals surface area contributed by atoms with Crippen molar-refractivity contribution < 1.29 is 8.42 Å². The number of H-pyrrole nitrogens is 1. The number of hydrogen-bond donors (Lipinski definition) is 1. The molecule has 25 heavy (non-hydrogen) atoms. The van der Waals surface area contributed by atoms with Crippen LogP contribution in [0.3, 0.4) is 0 Å². The van der Waals surface area contributed by atoms with Gasteiger partial charge in [-0.25, -0.2) is 18.1 Å². The minimum absolute atomic E-state index is 0.0709. The second kappa shape index (κ2) is 5.99. The van der Waals surface area contributed by atoms with Gasteiger partial charge in [-0.15, -0.1) is 0 Å². The van der Waals surface area contributed by atoms with E-state index in [1.165, 1.54) is 29.2 Å². The van der Waals surface area contributed by atoms with Gasteiger partial charge in [-0.05, 0) is 31.2 Å². The van der Waals surface area contributed by atoms with Gasteiger partial charge in [0.2, 0.25) is 0 Å². The molecule has 8 nitrogen and oxygen atoms in total. The van der Waals surface area contributed by atoms with E-state index in [0.29, 0.717) is 22.5 Å². The fourth-order valence-corrected chi connectivity index (χ4v) is 2.90. The maximum Gasteiger partial charge on any atom is 0.282 e. The Bertz CT molecular complexity index is 1130. The van der Waals surface area contributed by atoms with Crippen LogP contribution < -0.4 is 5.56 Å². The lowest BCUT2D eigenvalue weighted by Crippen LogP contribution is -2.17. The summed E-state index contributed by atoms with van der Waals surface area (Å²) in [4.78, 5) is 20.9. The maximum absolute atomic E-state index is 12.7. The highest BCUT2D eigenvalue weighted by Crippen LogP contribution is 2.18. The second-order valence-corrected chi connectivity index (χ2v) is 7.44. The van der Waals surface area contributed by atoms with E-state index in [4.69, 9.17) is 5.26 Å². The Morgan fingerprint density at radius 3 is 2.44 bits per heavy atom. The number of nitrogens with one attached hydrogen (secondary N) is 1. The standard InChI is InChI=1S/C16H13N5O3S/c1-10-15(13-5-3-11(7-17)8-18-13)16(22)21(20-10)14-6-4-12(9-19-14)25(2,23)24/h3-6,8-9,20H,1-2H3. The minimum Gasteiger partial charge on any atom is -0.293 e. The highest BCUT2D eigenvalue weighted by molar-refractivity contribution is 7.90. The van der Waals surface area contributed by atoms with Gasteiger partial charge < -0.3 is 0 Å². The number of pyridine rings is 2. The van der Waals surface area contributed by atoms with E-state index >= 15 is 0 Å². The van der Waals surface area contributed by atoms with Crippen molar-refractivity contribution in [1.29, 1.82) is 5.26 Å². The summed E-state index contributed by atoms with van der Waals surface area (Å²) < 4.78 is 24.2. The molecular formula is C16H13N5O3S. The summed E-state index contributed by atoms with van der Waals surface area (Å²) >= 11 is 0. The van der Waals surface area contributed by atoms with E-state index < -0.39 is 9.84 Å². The number of rotatable bonds is 3. The van der Waals surface area contributed by atoms with Gasteiger partial charge in [0.1, 0.15) is 6.07 Å². The number of nitrogens with zero attached hydrogens (tertiary/aromatic N) is 4. The van der Waals surface area contributed by atoms with Gasteiger partial charge in [-0.1, -0.05) is 0 Å². The Morgan fingerprint density at radius 1 is 1.16 bits per heavy atom. The smallest absolute Gasteiger partial charge is 0.282 e. The molecule has 0 saturated carbocycles. The highest BCUT2D eigenvalue weighted by atomic mass is 32.2. The Kier molecular flexibility index (Phi) is 3.98. The van der Waals surface area contributed by atoms with Crippen LogP contribution in [-0.4, -0.2) is 34.4 Å². The molecule has 0 radical (unpaired) electrons. The second-order valence-electron chi connectivity index (χ2n) is 5.42. The Balaban J connectivity index is 2.08. The molecule has 0 atom stereocenters. The molecule has 3 aromatic rings. The third kappa shape index (κ3) is 3.07. The molecule has 0 fully saturated rings. The van der Waals surface area contributed by atoms with Crippen LogP contribution in [0.25, 0.3) is 17.1 Å². The zero-order valence-electron chi connectivity index (χ0n) is 13.4. The first-order chi connectivity index (χ1) is 11.8. The zero-order valence-corrected chi connectivity index (χ0v) is 14.2. The van der Waals surface area contributed by atoms with Crippen molar-refractivity contribution in [2.45, 2.75) is 11.8 Å². The van der Waals surface area contributed by atoms with Gasteiger partial charge in [0.25, 0.3) is 5.56 Å². The number of aryl methyl sites for hydroxylation is 1. The molecule has 9 heteroatoms. The van der Waals surface area contributed by atoms with Crippen LogP contribution >= 0.6 is 0 Å². The average Bonchev–Trinajstić information content (AvgIpc) is 2.89. The molecule has 0 aromatic carbocycles. The minimum atomic E-state index is -3.36. The van der Waals surface area contributed by atoms with Gasteiger partial charge in [-0.3, -0.25) is 14.9 Å². The van der Waals surface area contributed by atoms with Crippen molar-refractivity contribution in [2.24, 2.45) is 0 Å². The maximum atomic E-state index is 12.7. The normalized spacial score (nSPS) is 11.2. The number of sulfone groups is 1. The summed E-state index contributed by atoms with van der Waals surface area (Å²) in [6.45, 7) is 1.72. The third-order valence-corrected chi connectivity index (χ3v) is 4.70. The number of aromatic amines is 1. The van der Waals surface area contributed by atoms with Crippen LogP contribution in [-0.2, 0) is 9.84 Å². The van der Waals surface area contributed by atoms with Gasteiger partial charge in [0, 0.05) is 24.3 Å². The lowest BCUT2D eigenvalue weighted by molar-refractivity contribution is 0.601. The Labute approximate surface area is 143 Å². The molecule has 3 heterocycles. The number of hydrogen-bond acceptors (Lipinski definition) is 6. The van der Waals surface area contributed by atoms with Gasteiger partial charge >= 0.3 is 0 Å². The van der Waals surface area contributed by atoms with Gasteiger partial charge in [0.05, 0.1) is 21.7 Å².